The van der Waals surface area contributed by atoms with E-state index >= 15 is 0 Å². The molecule has 10 N–H and O–H groups in total. The van der Waals surface area contributed by atoms with Crippen molar-refractivity contribution in [2.24, 2.45) is 43.6 Å². The van der Waals surface area contributed by atoms with Crippen molar-refractivity contribution in [2.75, 3.05) is 28.2 Å². The Labute approximate surface area is 421 Å². The number of benzene rings is 2. The average molecular weight is 992 g/mol. The van der Waals surface area contributed by atoms with E-state index in [2.05, 4.69) is 135 Å². The van der Waals surface area contributed by atoms with Gasteiger partial charge in [-0.25, -0.2) is 11.1 Å². The van der Waals surface area contributed by atoms with Crippen LogP contribution >= 0.6 is 0 Å². The maximum atomic E-state index is 8.52. The lowest BCUT2D eigenvalue weighted by atomic mass is 10.0. The van der Waals surface area contributed by atoms with Crippen molar-refractivity contribution in [1.82, 2.24) is 8.97 Å². The molecule has 17 heteroatoms. The highest BCUT2D eigenvalue weighted by Gasteiger charge is 2.27. The minimum absolute atomic E-state index is 0.185. The van der Waals surface area contributed by atoms with Gasteiger partial charge >= 0.3 is 0 Å². The third-order valence-corrected chi connectivity index (χ3v) is 12.5. The Morgan fingerprint density at radius 3 is 0.841 bits per heavy atom. The van der Waals surface area contributed by atoms with Crippen molar-refractivity contribution in [2.45, 2.75) is 219 Å². The highest BCUT2D eigenvalue weighted by Crippen LogP contribution is 2.24. The van der Waals surface area contributed by atoms with Crippen LogP contribution in [-0.4, -0.2) is 70.7 Å². The Kier molecular flexibility index (Phi) is 49.7. The van der Waals surface area contributed by atoms with Crippen molar-refractivity contribution in [3.05, 3.63) is 60.7 Å². The molecule has 0 aliphatic carbocycles. The Balaban J connectivity index is -0.000000972. The van der Waals surface area contributed by atoms with Gasteiger partial charge in [-0.05, 0) is 37.1 Å². The fourth-order valence-electron chi connectivity index (χ4n) is 7.82. The molecule has 0 radical (unpaired) electrons. The zero-order valence-corrected chi connectivity index (χ0v) is 45.1. The molecule has 0 spiro atoms. The number of nitrogens with two attached hydrogens (primary N) is 4. The molecular formula is C52H102N12O4S. The fraction of sp³-hybridized carbons (Fsp3) is 0.731. The summed E-state index contributed by atoms with van der Waals surface area (Å²) < 4.78 is 35.6. The number of rotatable bonds is 36. The first-order chi connectivity index (χ1) is 33.0. The number of hydrogen-bond donors (Lipinski definition) is 6. The predicted molar refractivity (Wildman–Crippen MR) is 292 cm³/mol. The van der Waals surface area contributed by atoms with Gasteiger partial charge in [-0.15, -0.1) is 10.2 Å². The van der Waals surface area contributed by atoms with E-state index < -0.39 is 10.4 Å². The molecule has 2 unspecified atom stereocenters. The summed E-state index contributed by atoms with van der Waals surface area (Å²) in [6.45, 7) is 4.58. The van der Waals surface area contributed by atoms with Crippen LogP contribution in [0.5, 0.6) is 0 Å². The molecule has 0 aromatic heterocycles. The maximum absolute atomic E-state index is 8.52. The Morgan fingerprint density at radius 1 is 0.464 bits per heavy atom. The number of quaternary nitrogens is 2. The number of nitrogens with zero attached hydrogens (tertiary/aromatic N) is 6. The normalized spacial score (nSPS) is 12.3. The van der Waals surface area contributed by atoms with Crippen LogP contribution in [0.4, 0.5) is 11.4 Å². The standard InChI is InChI=1S/2C25H47N2.2CH4N4.H2O4S/c2*1-4-5-6-7-8-9-10-11-12-13-14-15-16-20-23-25(26)27(2,3)24-21-18-17-19-22-24;2*2-4-1-5-3;1-5(2,3)4/h2*17-19,21-22,25H,4-16,20,23,26H2,1-3H3;2*1-2H,3H2;(H2,1,2,3,4)/q2*+1;;;/p-2. The number of unbranched alkanes of at least 4 members (excludes halogenated alkanes) is 26. The second-order valence-electron chi connectivity index (χ2n) is 18.9. The molecule has 0 heterocycles. The molecule has 2 atom stereocenters. The largest absolute Gasteiger partial charge is 0.759 e. The summed E-state index contributed by atoms with van der Waals surface area (Å²) in [6.07, 6.45) is 43.9. The molecule has 400 valence electrons. The van der Waals surface area contributed by atoms with E-state index in [1.165, 1.54) is 191 Å². The molecular weight excluding hydrogens is 889 g/mol. The maximum Gasteiger partial charge on any atom is 0.156 e. The molecule has 0 bridgehead atoms. The Bertz CT molecular complexity index is 1460. The highest BCUT2D eigenvalue weighted by atomic mass is 32.3. The molecule has 0 aliphatic rings. The van der Waals surface area contributed by atoms with Gasteiger partial charge in [-0.2, -0.15) is 10.2 Å². The van der Waals surface area contributed by atoms with Gasteiger partial charge in [-0.3, -0.25) is 28.9 Å². The lowest BCUT2D eigenvalue weighted by molar-refractivity contribution is 0.276. The number of hydrazone groups is 2. The number of para-hydroxylation sites is 2. The highest BCUT2D eigenvalue weighted by molar-refractivity contribution is 7.79. The molecule has 2 aromatic rings. The second kappa shape index (κ2) is 49.3. The van der Waals surface area contributed by atoms with Crippen LogP contribution in [0.1, 0.15) is 206 Å². The van der Waals surface area contributed by atoms with Gasteiger partial charge in [0, 0.05) is 23.2 Å². The summed E-state index contributed by atoms with van der Waals surface area (Å²) in [6, 6.07) is 21.3. The number of hydrogen-bond acceptors (Lipinski definition) is 12. The minimum atomic E-state index is -5.17. The van der Waals surface area contributed by atoms with E-state index in [1.54, 1.807) is 0 Å². The van der Waals surface area contributed by atoms with Crippen LogP contribution in [0, 0.1) is 11.1 Å². The molecule has 16 nitrogen and oxygen atoms in total. The van der Waals surface area contributed by atoms with Crippen LogP contribution < -0.4 is 32.1 Å². The quantitative estimate of drug-likeness (QED) is 0.00364. The van der Waals surface area contributed by atoms with Crippen LogP contribution in [0.15, 0.2) is 81.1 Å². The van der Waals surface area contributed by atoms with Crippen molar-refractivity contribution in [3.8, 4) is 0 Å². The zero-order chi connectivity index (χ0) is 52.3. The van der Waals surface area contributed by atoms with E-state index in [9.17, 15) is 0 Å². The summed E-state index contributed by atoms with van der Waals surface area (Å²) >= 11 is 0. The van der Waals surface area contributed by atoms with E-state index in [4.69, 9.17) is 40.1 Å². The summed E-state index contributed by atoms with van der Waals surface area (Å²) in [5.74, 6) is 8.99. The summed E-state index contributed by atoms with van der Waals surface area (Å²) in [7, 11) is 3.74. The van der Waals surface area contributed by atoms with Gasteiger partial charge in [0.05, 0.1) is 28.2 Å². The van der Waals surface area contributed by atoms with Crippen LogP contribution in [-0.2, 0) is 10.4 Å². The van der Waals surface area contributed by atoms with E-state index in [1.807, 2.05) is 0 Å². The second-order valence-corrected chi connectivity index (χ2v) is 19.7. The summed E-state index contributed by atoms with van der Waals surface area (Å²) in [4.78, 5) is 0. The topological polar surface area (TPSA) is 281 Å². The Morgan fingerprint density at radius 2 is 0.667 bits per heavy atom. The van der Waals surface area contributed by atoms with Gasteiger partial charge < -0.3 is 20.8 Å². The van der Waals surface area contributed by atoms with Gasteiger partial charge in [0.2, 0.25) is 0 Å². The smallest absolute Gasteiger partial charge is 0.156 e. The summed E-state index contributed by atoms with van der Waals surface area (Å²) in [5, 5.41) is 11.1. The van der Waals surface area contributed by atoms with Crippen LogP contribution in [0.3, 0.4) is 0 Å². The van der Waals surface area contributed by atoms with Gasteiger partial charge in [0.1, 0.15) is 23.7 Å². The van der Waals surface area contributed by atoms with Crippen molar-refractivity contribution in [3.63, 3.8) is 0 Å². The monoisotopic (exact) mass is 991 g/mol. The first kappa shape index (κ1) is 69.5. The van der Waals surface area contributed by atoms with Gasteiger partial charge in [0.25, 0.3) is 0 Å². The van der Waals surface area contributed by atoms with Gasteiger partial charge in [-0.1, -0.05) is 217 Å². The lowest BCUT2D eigenvalue weighted by Crippen LogP contribution is -2.55. The third kappa shape index (κ3) is 47.7. The predicted octanol–water partition coefficient (Wildman–Crippen LogP) is 13.3. The number of nitrogens with one attached hydrogen (secondary N) is 2. The lowest BCUT2D eigenvalue weighted by Gasteiger charge is -2.35. The molecule has 0 saturated heterocycles. The molecule has 0 amide bonds. The minimum Gasteiger partial charge on any atom is -0.759 e. The van der Waals surface area contributed by atoms with Crippen LogP contribution in [0.2, 0.25) is 0 Å². The molecule has 0 aliphatic heterocycles. The molecule has 69 heavy (non-hydrogen) atoms. The van der Waals surface area contributed by atoms with Crippen LogP contribution in [0.25, 0.3) is 0 Å². The fourth-order valence-corrected chi connectivity index (χ4v) is 7.82. The van der Waals surface area contributed by atoms with E-state index in [0.717, 1.165) is 34.5 Å². The Hall–Kier alpha value is -3.71. The van der Waals surface area contributed by atoms with Gasteiger partial charge in [0.15, 0.2) is 12.7 Å². The molecule has 0 saturated carbocycles. The van der Waals surface area contributed by atoms with Crippen molar-refractivity contribution < 1.29 is 17.5 Å². The van der Waals surface area contributed by atoms with Crippen molar-refractivity contribution >= 4 is 34.5 Å². The first-order valence-electron chi connectivity index (χ1n) is 26.1. The SMILES string of the molecule is CCCCCCCCCCCCCCCCC(N)[N+](C)(C)c1ccccc1.CCCCCCCCCCCCCCCCC(N)[N+](C)(C)c1ccccc1.N=NC=NN.N=NC=NN.O=S(=O)([O-])[O-]. The zero-order valence-electron chi connectivity index (χ0n) is 44.3. The van der Waals surface area contributed by atoms with E-state index in [-0.39, 0.29) is 12.3 Å². The molecule has 2 aromatic carbocycles. The molecule has 0 fully saturated rings. The van der Waals surface area contributed by atoms with E-state index in [0.29, 0.717) is 0 Å². The molecule has 2 rings (SSSR count). The average Bonchev–Trinajstić information content (AvgIpc) is 3.32. The third-order valence-electron chi connectivity index (χ3n) is 12.5. The summed E-state index contributed by atoms with van der Waals surface area (Å²) in [5.41, 5.74) is 27.6. The van der Waals surface area contributed by atoms with Crippen molar-refractivity contribution in [1.29, 1.82) is 11.1 Å². The first-order valence-corrected chi connectivity index (χ1v) is 27.5.